The van der Waals surface area contributed by atoms with E-state index in [-0.39, 0.29) is 11.7 Å². The van der Waals surface area contributed by atoms with Crippen LogP contribution < -0.4 is 5.32 Å². The topological polar surface area (TPSA) is 86.1 Å². The van der Waals surface area contributed by atoms with Gasteiger partial charge in [-0.3, -0.25) is 4.79 Å². The third kappa shape index (κ3) is 4.60. The number of aryl methyl sites for hydroxylation is 2. The van der Waals surface area contributed by atoms with Crippen LogP contribution in [0.5, 0.6) is 0 Å². The summed E-state index contributed by atoms with van der Waals surface area (Å²) in [6.45, 7) is 8.91. The third-order valence-corrected chi connectivity index (χ3v) is 7.86. The van der Waals surface area contributed by atoms with Gasteiger partial charge in [0.1, 0.15) is 5.00 Å². The molecule has 0 fully saturated rings. The average molecular weight is 465 g/mol. The standard InChI is InChI=1S/C20H24N4O3S3/c1-6-13-8-14(19(26)27-5)18(30-13)21-16(25)10-29-20-23-22-17(24(20)7-2)15-9-28-12(4)11(15)3/h8-9H,6-7,10H2,1-5H3,(H,21,25). The number of esters is 1. The largest absolute Gasteiger partial charge is 0.465 e. The first-order valence-electron chi connectivity index (χ1n) is 9.51. The minimum atomic E-state index is -0.453. The molecule has 0 saturated carbocycles. The highest BCUT2D eigenvalue weighted by Crippen LogP contribution is 2.32. The fourth-order valence-electron chi connectivity index (χ4n) is 2.88. The van der Waals surface area contributed by atoms with E-state index in [1.165, 1.54) is 40.6 Å². The summed E-state index contributed by atoms with van der Waals surface area (Å²) in [6.07, 6.45) is 0.781. The third-order valence-electron chi connectivity index (χ3n) is 4.68. The fraction of sp³-hybridized carbons (Fsp3) is 0.400. The molecule has 1 N–H and O–H groups in total. The molecule has 0 atom stereocenters. The summed E-state index contributed by atoms with van der Waals surface area (Å²) < 4.78 is 6.84. The van der Waals surface area contributed by atoms with Gasteiger partial charge >= 0.3 is 5.97 Å². The van der Waals surface area contributed by atoms with Crippen LogP contribution in [0.2, 0.25) is 0 Å². The predicted molar refractivity (Wildman–Crippen MR) is 123 cm³/mol. The summed E-state index contributed by atoms with van der Waals surface area (Å²) in [5.41, 5.74) is 2.67. The number of anilines is 1. The molecule has 3 rings (SSSR count). The molecular formula is C20H24N4O3S3. The number of thioether (sulfide) groups is 1. The van der Waals surface area contributed by atoms with E-state index >= 15 is 0 Å². The highest BCUT2D eigenvalue weighted by molar-refractivity contribution is 7.99. The minimum absolute atomic E-state index is 0.166. The van der Waals surface area contributed by atoms with Crippen LogP contribution in [0.25, 0.3) is 11.4 Å². The van der Waals surface area contributed by atoms with Crippen LogP contribution in [0, 0.1) is 13.8 Å². The Labute approximate surface area is 187 Å². The number of hydrogen-bond acceptors (Lipinski definition) is 8. The van der Waals surface area contributed by atoms with Gasteiger partial charge in [0.15, 0.2) is 11.0 Å². The lowest BCUT2D eigenvalue weighted by Gasteiger charge is -2.08. The molecule has 1 amide bonds. The smallest absolute Gasteiger partial charge is 0.340 e. The number of nitrogens with zero attached hydrogens (tertiary/aromatic N) is 3. The molecule has 0 radical (unpaired) electrons. The van der Waals surface area contributed by atoms with Gasteiger partial charge < -0.3 is 14.6 Å². The molecule has 0 aromatic carbocycles. The molecule has 0 bridgehead atoms. The first-order valence-corrected chi connectivity index (χ1v) is 12.2. The molecule has 10 heteroatoms. The van der Waals surface area contributed by atoms with E-state index in [0.717, 1.165) is 22.7 Å². The molecule has 3 aromatic heterocycles. The molecule has 30 heavy (non-hydrogen) atoms. The zero-order valence-corrected chi connectivity index (χ0v) is 20.0. The van der Waals surface area contributed by atoms with Gasteiger partial charge in [0.25, 0.3) is 0 Å². The highest BCUT2D eigenvalue weighted by Gasteiger charge is 2.20. The van der Waals surface area contributed by atoms with Crippen LogP contribution in [0.15, 0.2) is 16.6 Å². The van der Waals surface area contributed by atoms with Gasteiger partial charge in [0.2, 0.25) is 5.91 Å². The zero-order valence-electron chi connectivity index (χ0n) is 17.6. The summed E-state index contributed by atoms with van der Waals surface area (Å²) >= 11 is 4.42. The Hall–Kier alpha value is -2.17. The highest BCUT2D eigenvalue weighted by atomic mass is 32.2. The van der Waals surface area contributed by atoms with Crippen molar-refractivity contribution in [3.63, 3.8) is 0 Å². The van der Waals surface area contributed by atoms with Crippen molar-refractivity contribution in [3.8, 4) is 11.4 Å². The molecule has 0 aliphatic rings. The Bertz CT molecular complexity index is 1070. The normalized spacial score (nSPS) is 11.0. The molecule has 0 spiro atoms. The van der Waals surface area contributed by atoms with Gasteiger partial charge in [-0.1, -0.05) is 18.7 Å². The monoisotopic (exact) mass is 464 g/mol. The maximum absolute atomic E-state index is 12.5. The molecular weight excluding hydrogens is 440 g/mol. The van der Waals surface area contributed by atoms with Crippen molar-refractivity contribution in [2.75, 3.05) is 18.2 Å². The molecule has 0 saturated heterocycles. The molecule has 160 valence electrons. The number of nitrogens with one attached hydrogen (secondary N) is 1. The first-order chi connectivity index (χ1) is 14.4. The van der Waals surface area contributed by atoms with E-state index in [1.807, 2.05) is 18.4 Å². The molecule has 3 heterocycles. The Morgan fingerprint density at radius 3 is 2.63 bits per heavy atom. The molecule has 3 aromatic rings. The summed E-state index contributed by atoms with van der Waals surface area (Å²) in [5.74, 6) is 0.330. The van der Waals surface area contributed by atoms with Crippen molar-refractivity contribution < 1.29 is 14.3 Å². The van der Waals surface area contributed by atoms with E-state index in [0.29, 0.717) is 22.3 Å². The van der Waals surface area contributed by atoms with Crippen molar-refractivity contribution in [2.45, 2.75) is 45.8 Å². The Morgan fingerprint density at radius 2 is 2.03 bits per heavy atom. The van der Waals surface area contributed by atoms with Crippen LogP contribution in [-0.2, 0) is 22.5 Å². The SMILES string of the molecule is CCc1cc(C(=O)OC)c(NC(=O)CSc2nnc(-c3csc(C)c3C)n2CC)s1. The van der Waals surface area contributed by atoms with Gasteiger partial charge in [-0.2, -0.15) is 0 Å². The summed E-state index contributed by atoms with van der Waals surface area (Å²) in [6, 6.07) is 1.77. The second kappa shape index (κ2) is 9.76. The lowest BCUT2D eigenvalue weighted by molar-refractivity contribution is -0.113. The van der Waals surface area contributed by atoms with Crippen LogP contribution in [0.1, 0.15) is 39.5 Å². The second-order valence-electron chi connectivity index (χ2n) is 6.52. The summed E-state index contributed by atoms with van der Waals surface area (Å²) in [4.78, 5) is 26.8. The first kappa shape index (κ1) is 22.5. The number of aromatic nitrogens is 3. The van der Waals surface area contributed by atoms with Gasteiger partial charge in [0, 0.05) is 27.2 Å². The summed E-state index contributed by atoms with van der Waals surface area (Å²) in [7, 11) is 1.33. The van der Waals surface area contributed by atoms with Crippen molar-refractivity contribution in [3.05, 3.63) is 32.3 Å². The maximum atomic E-state index is 12.5. The lowest BCUT2D eigenvalue weighted by atomic mass is 10.1. The number of methoxy groups -OCH3 is 1. The lowest BCUT2D eigenvalue weighted by Crippen LogP contribution is -2.16. The number of thiophene rings is 2. The Morgan fingerprint density at radius 1 is 1.27 bits per heavy atom. The number of carbonyl (C=O) groups is 2. The Kier molecular flexibility index (Phi) is 7.32. The van der Waals surface area contributed by atoms with Crippen molar-refractivity contribution in [1.82, 2.24) is 14.8 Å². The van der Waals surface area contributed by atoms with Gasteiger partial charge in [0.05, 0.1) is 18.4 Å². The van der Waals surface area contributed by atoms with Crippen molar-refractivity contribution in [1.29, 1.82) is 0 Å². The van der Waals surface area contributed by atoms with E-state index in [9.17, 15) is 9.59 Å². The molecule has 0 aliphatic carbocycles. The number of ether oxygens (including phenoxy) is 1. The summed E-state index contributed by atoms with van der Waals surface area (Å²) in [5, 5.41) is 14.8. The van der Waals surface area contributed by atoms with Crippen LogP contribution >= 0.6 is 34.4 Å². The van der Waals surface area contributed by atoms with Crippen LogP contribution in [-0.4, -0.2) is 39.5 Å². The average Bonchev–Trinajstić information content (AvgIpc) is 3.43. The number of hydrogen-bond donors (Lipinski definition) is 1. The quantitative estimate of drug-likeness (QED) is 0.381. The molecule has 7 nitrogen and oxygen atoms in total. The van der Waals surface area contributed by atoms with Crippen molar-refractivity contribution >= 4 is 51.3 Å². The van der Waals surface area contributed by atoms with Gasteiger partial charge in [-0.25, -0.2) is 4.79 Å². The van der Waals surface area contributed by atoms with E-state index in [1.54, 1.807) is 17.4 Å². The van der Waals surface area contributed by atoms with E-state index < -0.39 is 5.97 Å². The number of carbonyl (C=O) groups excluding carboxylic acids is 2. The van der Waals surface area contributed by atoms with Gasteiger partial charge in [-0.05, 0) is 38.8 Å². The molecule has 0 aliphatic heterocycles. The Balaban J connectivity index is 1.72. The van der Waals surface area contributed by atoms with Crippen LogP contribution in [0.3, 0.4) is 0 Å². The number of amides is 1. The molecule has 0 unspecified atom stereocenters. The van der Waals surface area contributed by atoms with E-state index in [4.69, 9.17) is 4.74 Å². The van der Waals surface area contributed by atoms with Gasteiger partial charge in [-0.15, -0.1) is 32.9 Å². The minimum Gasteiger partial charge on any atom is -0.465 e. The predicted octanol–water partition coefficient (Wildman–Crippen LogP) is 4.78. The zero-order chi connectivity index (χ0) is 21.8. The number of rotatable bonds is 8. The van der Waals surface area contributed by atoms with Crippen molar-refractivity contribution in [2.24, 2.45) is 0 Å². The maximum Gasteiger partial charge on any atom is 0.340 e. The van der Waals surface area contributed by atoms with Crippen LogP contribution in [0.4, 0.5) is 5.00 Å². The second-order valence-corrected chi connectivity index (χ2v) is 9.68. The van der Waals surface area contributed by atoms with E-state index in [2.05, 4.69) is 34.7 Å². The fourth-order valence-corrected chi connectivity index (χ4v) is 5.54.